The third-order valence-electron chi connectivity index (χ3n) is 6.69. The largest absolute Gasteiger partial charge is 0.507 e. The summed E-state index contributed by atoms with van der Waals surface area (Å²) in [5.74, 6) is 2.88. The molecule has 2 saturated carbocycles. The van der Waals surface area contributed by atoms with Crippen LogP contribution in [-0.2, 0) is 0 Å². The number of imidazole rings is 1. The standard InChI is InChI=1S/C23H27N5O/c1-15-13-28(14-24-15)18-5-6-20(22(29)12-18)21-7-8-23(26-25-21)27(2)19-10-16-3-4-17(9-16)11-19/h5-8,12-14,16-17,19,29H,3-4,9-11H2,1-2H3/t16-,17+,19+. The maximum absolute atomic E-state index is 10.5. The first-order valence-corrected chi connectivity index (χ1v) is 10.5. The van der Waals surface area contributed by atoms with Crippen molar-refractivity contribution in [1.82, 2.24) is 19.7 Å². The monoisotopic (exact) mass is 389 g/mol. The van der Waals surface area contributed by atoms with Gasteiger partial charge in [0.25, 0.3) is 0 Å². The van der Waals surface area contributed by atoms with Gasteiger partial charge in [-0.1, -0.05) is 12.8 Å². The number of phenolic OH excluding ortho intramolecular Hbond substituents is 1. The van der Waals surface area contributed by atoms with Crippen LogP contribution in [0.25, 0.3) is 16.9 Å². The number of fused-ring (bicyclic) bond motifs is 2. The maximum Gasteiger partial charge on any atom is 0.151 e. The van der Waals surface area contributed by atoms with Gasteiger partial charge in [0.05, 0.1) is 23.4 Å². The molecule has 6 heteroatoms. The fourth-order valence-corrected chi connectivity index (χ4v) is 5.09. The van der Waals surface area contributed by atoms with Crippen molar-refractivity contribution in [3.8, 4) is 22.7 Å². The van der Waals surface area contributed by atoms with Gasteiger partial charge in [-0.15, -0.1) is 10.2 Å². The first-order chi connectivity index (χ1) is 14.1. The number of hydrogen-bond acceptors (Lipinski definition) is 5. The summed E-state index contributed by atoms with van der Waals surface area (Å²) in [7, 11) is 2.14. The minimum atomic E-state index is 0.188. The molecule has 150 valence electrons. The number of hydrogen-bond donors (Lipinski definition) is 1. The lowest BCUT2D eigenvalue weighted by Crippen LogP contribution is -2.37. The lowest BCUT2D eigenvalue weighted by atomic mass is 9.85. The molecule has 6 nitrogen and oxygen atoms in total. The second-order valence-electron chi connectivity index (χ2n) is 8.68. The van der Waals surface area contributed by atoms with Crippen molar-refractivity contribution >= 4 is 5.82 Å². The summed E-state index contributed by atoms with van der Waals surface area (Å²) in [6.07, 6.45) is 10.4. The van der Waals surface area contributed by atoms with Crippen molar-refractivity contribution in [2.45, 2.75) is 45.1 Å². The molecule has 2 fully saturated rings. The van der Waals surface area contributed by atoms with Crippen LogP contribution in [0.4, 0.5) is 5.82 Å². The molecule has 29 heavy (non-hydrogen) atoms. The average molecular weight is 390 g/mol. The minimum absolute atomic E-state index is 0.188. The van der Waals surface area contributed by atoms with E-state index in [1.54, 1.807) is 12.4 Å². The van der Waals surface area contributed by atoms with E-state index in [2.05, 4.69) is 27.1 Å². The minimum Gasteiger partial charge on any atom is -0.507 e. The molecular formula is C23H27N5O. The predicted octanol–water partition coefficient (Wildman–Crippen LogP) is 4.36. The zero-order valence-corrected chi connectivity index (χ0v) is 17.0. The number of benzene rings is 1. The quantitative estimate of drug-likeness (QED) is 0.718. The second kappa shape index (κ2) is 7.17. The Morgan fingerprint density at radius 3 is 2.45 bits per heavy atom. The summed E-state index contributed by atoms with van der Waals surface area (Å²) in [4.78, 5) is 6.53. The van der Waals surface area contributed by atoms with Crippen LogP contribution in [0.2, 0.25) is 0 Å². The number of aromatic hydroxyl groups is 1. The molecule has 2 aromatic heterocycles. The van der Waals surface area contributed by atoms with Gasteiger partial charge < -0.3 is 14.6 Å². The fraction of sp³-hybridized carbons (Fsp3) is 0.435. The Morgan fingerprint density at radius 2 is 1.83 bits per heavy atom. The summed E-state index contributed by atoms with van der Waals surface area (Å²) >= 11 is 0. The third kappa shape index (κ3) is 3.48. The molecule has 2 aliphatic carbocycles. The smallest absolute Gasteiger partial charge is 0.151 e. The van der Waals surface area contributed by atoms with Crippen LogP contribution in [0.1, 0.15) is 37.8 Å². The topological polar surface area (TPSA) is 67.1 Å². The van der Waals surface area contributed by atoms with Crippen LogP contribution in [-0.4, -0.2) is 37.9 Å². The molecule has 0 spiro atoms. The van der Waals surface area contributed by atoms with E-state index < -0.39 is 0 Å². The zero-order valence-electron chi connectivity index (χ0n) is 17.0. The highest BCUT2D eigenvalue weighted by Crippen LogP contribution is 2.43. The summed E-state index contributed by atoms with van der Waals surface area (Å²) < 4.78 is 1.89. The van der Waals surface area contributed by atoms with E-state index in [1.165, 1.54) is 32.1 Å². The number of anilines is 1. The average Bonchev–Trinajstić information content (AvgIpc) is 3.32. The van der Waals surface area contributed by atoms with Gasteiger partial charge >= 0.3 is 0 Å². The summed E-state index contributed by atoms with van der Waals surface area (Å²) in [5.41, 5.74) is 3.16. The molecule has 2 aliphatic rings. The fourth-order valence-electron chi connectivity index (χ4n) is 5.09. The summed E-state index contributed by atoms with van der Waals surface area (Å²) in [6.45, 7) is 1.94. The van der Waals surface area contributed by atoms with Gasteiger partial charge in [0, 0.05) is 30.9 Å². The van der Waals surface area contributed by atoms with Crippen molar-refractivity contribution in [2.24, 2.45) is 11.8 Å². The molecule has 0 amide bonds. The molecule has 3 aromatic rings. The van der Waals surface area contributed by atoms with Gasteiger partial charge in [-0.25, -0.2) is 4.98 Å². The van der Waals surface area contributed by atoms with Crippen LogP contribution in [0, 0.1) is 18.8 Å². The lowest BCUT2D eigenvalue weighted by molar-refractivity contribution is 0.312. The van der Waals surface area contributed by atoms with Crippen LogP contribution >= 0.6 is 0 Å². The first kappa shape index (κ1) is 18.2. The molecule has 3 atom stereocenters. The molecule has 0 aliphatic heterocycles. The van der Waals surface area contributed by atoms with Crippen molar-refractivity contribution < 1.29 is 5.11 Å². The Bertz CT molecular complexity index is 1000. The van der Waals surface area contributed by atoms with E-state index in [-0.39, 0.29) is 5.75 Å². The maximum atomic E-state index is 10.5. The van der Waals surface area contributed by atoms with Crippen molar-refractivity contribution in [2.75, 3.05) is 11.9 Å². The number of phenols is 1. The Morgan fingerprint density at radius 1 is 1.03 bits per heavy atom. The van der Waals surface area contributed by atoms with E-state index in [9.17, 15) is 5.11 Å². The second-order valence-corrected chi connectivity index (χ2v) is 8.68. The highest BCUT2D eigenvalue weighted by molar-refractivity contribution is 5.69. The van der Waals surface area contributed by atoms with E-state index in [1.807, 2.05) is 42.0 Å². The molecule has 1 N–H and O–H groups in total. The zero-order chi connectivity index (χ0) is 20.0. The molecule has 2 bridgehead atoms. The predicted molar refractivity (Wildman–Crippen MR) is 113 cm³/mol. The first-order valence-electron chi connectivity index (χ1n) is 10.5. The lowest BCUT2D eigenvalue weighted by Gasteiger charge is -2.35. The Kier molecular flexibility index (Phi) is 4.49. The van der Waals surface area contributed by atoms with Crippen LogP contribution < -0.4 is 4.90 Å². The number of rotatable bonds is 4. The van der Waals surface area contributed by atoms with Gasteiger partial charge in [0.15, 0.2) is 5.82 Å². The summed E-state index contributed by atoms with van der Waals surface area (Å²) in [5, 5.41) is 19.4. The van der Waals surface area contributed by atoms with Crippen LogP contribution in [0.5, 0.6) is 5.75 Å². The van der Waals surface area contributed by atoms with Crippen molar-refractivity contribution in [3.63, 3.8) is 0 Å². The molecule has 0 saturated heterocycles. The normalized spacial score (nSPS) is 23.3. The van der Waals surface area contributed by atoms with Gasteiger partial charge in [-0.05, 0) is 62.3 Å². The SMILES string of the molecule is Cc1cn(-c2ccc(-c3ccc(N(C)[C@H]4C[C@@H]5CC[C@@H](C5)C4)nn3)c(O)c2)cn1. The van der Waals surface area contributed by atoms with Gasteiger partial charge in [0.2, 0.25) is 0 Å². The molecule has 0 radical (unpaired) electrons. The van der Waals surface area contributed by atoms with Gasteiger partial charge in [-0.3, -0.25) is 0 Å². The Balaban J connectivity index is 1.34. The summed E-state index contributed by atoms with van der Waals surface area (Å²) in [6, 6.07) is 10.1. The molecule has 0 unspecified atom stereocenters. The van der Waals surface area contributed by atoms with Crippen molar-refractivity contribution in [1.29, 1.82) is 0 Å². The highest BCUT2D eigenvalue weighted by Gasteiger charge is 2.36. The Labute approximate surface area is 171 Å². The van der Waals surface area contributed by atoms with Crippen LogP contribution in [0.3, 0.4) is 0 Å². The molecule has 2 heterocycles. The van der Waals surface area contributed by atoms with Crippen LogP contribution in [0.15, 0.2) is 42.9 Å². The molecular weight excluding hydrogens is 362 g/mol. The Hall–Kier alpha value is -2.89. The number of aromatic nitrogens is 4. The van der Waals surface area contributed by atoms with E-state index in [4.69, 9.17) is 0 Å². The third-order valence-corrected chi connectivity index (χ3v) is 6.69. The van der Waals surface area contributed by atoms with Crippen molar-refractivity contribution in [3.05, 3.63) is 48.5 Å². The molecule has 5 rings (SSSR count). The van der Waals surface area contributed by atoms with E-state index in [0.717, 1.165) is 29.0 Å². The van der Waals surface area contributed by atoms with E-state index in [0.29, 0.717) is 17.3 Å². The molecule has 1 aromatic carbocycles. The number of nitrogens with zero attached hydrogens (tertiary/aromatic N) is 5. The van der Waals surface area contributed by atoms with E-state index >= 15 is 0 Å². The van der Waals surface area contributed by atoms with Gasteiger partial charge in [0.1, 0.15) is 5.75 Å². The number of aryl methyl sites for hydroxylation is 1. The van der Waals surface area contributed by atoms with Gasteiger partial charge in [-0.2, -0.15) is 0 Å². The highest BCUT2D eigenvalue weighted by atomic mass is 16.3.